The zero-order valence-corrected chi connectivity index (χ0v) is 12.4. The zero-order chi connectivity index (χ0) is 14.8. The van der Waals surface area contributed by atoms with Gasteiger partial charge < -0.3 is 0 Å². The van der Waals surface area contributed by atoms with E-state index < -0.39 is 21.4 Å². The first-order valence-electron chi connectivity index (χ1n) is 5.41. The maximum Gasteiger partial charge on any atom is 0.263 e. The first-order valence-corrected chi connectivity index (χ1v) is 7.68. The Morgan fingerprint density at radius 1 is 1.15 bits per heavy atom. The van der Waals surface area contributed by atoms with E-state index in [4.69, 9.17) is 5.26 Å². The monoisotopic (exact) mass is 354 g/mol. The number of halogens is 2. The molecule has 0 aromatic heterocycles. The quantitative estimate of drug-likeness (QED) is 0.919. The second kappa shape index (κ2) is 5.61. The molecular weight excluding hydrogens is 347 g/mol. The van der Waals surface area contributed by atoms with Crippen LogP contribution >= 0.6 is 15.9 Å². The van der Waals surface area contributed by atoms with E-state index in [0.717, 1.165) is 10.5 Å². The van der Waals surface area contributed by atoms with Gasteiger partial charge in [-0.05, 0) is 36.4 Å². The minimum atomic E-state index is -4.02. The van der Waals surface area contributed by atoms with Crippen molar-refractivity contribution >= 4 is 31.6 Å². The van der Waals surface area contributed by atoms with Gasteiger partial charge in [-0.15, -0.1) is 0 Å². The van der Waals surface area contributed by atoms with E-state index in [9.17, 15) is 12.8 Å². The molecule has 0 atom stereocenters. The molecule has 1 N–H and O–H groups in total. The summed E-state index contributed by atoms with van der Waals surface area (Å²) in [6.07, 6.45) is 0. The van der Waals surface area contributed by atoms with Crippen molar-refractivity contribution in [3.63, 3.8) is 0 Å². The molecule has 4 nitrogen and oxygen atoms in total. The summed E-state index contributed by atoms with van der Waals surface area (Å²) in [4.78, 5) is -0.386. The Kier molecular flexibility index (Phi) is 4.06. The van der Waals surface area contributed by atoms with Crippen LogP contribution in [0.15, 0.2) is 51.8 Å². The number of benzene rings is 2. The van der Waals surface area contributed by atoms with Gasteiger partial charge in [-0.2, -0.15) is 5.26 Å². The molecule has 2 aromatic rings. The van der Waals surface area contributed by atoms with Crippen molar-refractivity contribution in [2.24, 2.45) is 0 Å². The smallest absolute Gasteiger partial charge is 0.263 e. The molecule has 0 radical (unpaired) electrons. The highest BCUT2D eigenvalue weighted by atomic mass is 79.9. The van der Waals surface area contributed by atoms with E-state index in [-0.39, 0.29) is 4.90 Å². The molecule has 0 heterocycles. The van der Waals surface area contributed by atoms with Gasteiger partial charge in [0.15, 0.2) is 0 Å². The predicted octanol–water partition coefficient (Wildman–Crippen LogP) is 3.26. The molecular formula is C13H8BrFN2O2S. The van der Waals surface area contributed by atoms with Crippen LogP contribution in [0.25, 0.3) is 0 Å². The summed E-state index contributed by atoms with van der Waals surface area (Å²) in [6, 6.07) is 11.4. The van der Waals surface area contributed by atoms with Crippen molar-refractivity contribution < 1.29 is 12.8 Å². The van der Waals surface area contributed by atoms with Crippen LogP contribution in [-0.2, 0) is 10.0 Å². The summed E-state index contributed by atoms with van der Waals surface area (Å²) in [6.45, 7) is 0. The van der Waals surface area contributed by atoms with Crippen molar-refractivity contribution in [2.45, 2.75) is 4.90 Å². The van der Waals surface area contributed by atoms with Gasteiger partial charge in [0.05, 0.1) is 0 Å². The lowest BCUT2D eigenvalue weighted by Crippen LogP contribution is -2.15. The molecule has 0 aliphatic heterocycles. The number of sulfonamides is 1. The van der Waals surface area contributed by atoms with Crippen LogP contribution in [0.1, 0.15) is 5.56 Å². The van der Waals surface area contributed by atoms with Crippen LogP contribution in [-0.4, -0.2) is 8.42 Å². The summed E-state index contributed by atoms with van der Waals surface area (Å²) in [5.41, 5.74) is -0.182. The fraction of sp³-hybridized carbons (Fsp3) is 0. The molecule has 0 amide bonds. The van der Waals surface area contributed by atoms with E-state index in [2.05, 4.69) is 20.7 Å². The van der Waals surface area contributed by atoms with E-state index in [1.54, 1.807) is 30.3 Å². The first kappa shape index (κ1) is 14.5. The van der Waals surface area contributed by atoms with Gasteiger partial charge in [0.25, 0.3) is 10.0 Å². The number of anilines is 1. The van der Waals surface area contributed by atoms with Crippen LogP contribution in [0.3, 0.4) is 0 Å². The zero-order valence-electron chi connectivity index (χ0n) is 9.97. The third-order valence-electron chi connectivity index (χ3n) is 2.47. The van der Waals surface area contributed by atoms with Crippen LogP contribution in [0.4, 0.5) is 10.1 Å². The van der Waals surface area contributed by atoms with Crippen molar-refractivity contribution in [2.75, 3.05) is 4.72 Å². The molecule has 0 spiro atoms. The average Bonchev–Trinajstić information content (AvgIpc) is 2.41. The van der Waals surface area contributed by atoms with Crippen LogP contribution in [0.5, 0.6) is 0 Å². The second-order valence-electron chi connectivity index (χ2n) is 3.84. The van der Waals surface area contributed by atoms with Gasteiger partial charge in [0.1, 0.15) is 22.3 Å². The molecule has 102 valence electrons. The Labute approximate surface area is 124 Å². The Balaban J connectivity index is 2.44. The maximum absolute atomic E-state index is 13.5. The molecule has 0 bridgehead atoms. The highest BCUT2D eigenvalue weighted by Crippen LogP contribution is 2.22. The van der Waals surface area contributed by atoms with Crippen molar-refractivity contribution in [1.82, 2.24) is 0 Å². The van der Waals surface area contributed by atoms with Crippen LogP contribution in [0.2, 0.25) is 0 Å². The maximum atomic E-state index is 13.5. The molecule has 0 fully saturated rings. The Morgan fingerprint density at radius 3 is 2.40 bits per heavy atom. The van der Waals surface area contributed by atoms with Crippen LogP contribution in [0, 0.1) is 17.1 Å². The fourth-order valence-corrected chi connectivity index (χ4v) is 3.06. The highest BCUT2D eigenvalue weighted by molar-refractivity contribution is 9.10. The standard InChI is InChI=1S/C13H8BrFN2O2S/c14-9-4-6-10(7-5-9)17-20(18,19)13-3-1-2-12(15)11(13)8-16/h1-7,17H. The minimum absolute atomic E-state index is 0.321. The number of nitriles is 1. The van der Waals surface area contributed by atoms with Gasteiger partial charge in [0.2, 0.25) is 0 Å². The second-order valence-corrected chi connectivity index (χ2v) is 6.40. The first-order chi connectivity index (χ1) is 9.44. The summed E-state index contributed by atoms with van der Waals surface area (Å²) in [7, 11) is -4.02. The van der Waals surface area contributed by atoms with Crippen molar-refractivity contribution in [1.29, 1.82) is 5.26 Å². The van der Waals surface area contributed by atoms with Crippen molar-refractivity contribution in [3.05, 3.63) is 58.3 Å². The molecule has 0 aliphatic rings. The predicted molar refractivity (Wildman–Crippen MR) is 76.1 cm³/mol. The molecule has 2 rings (SSSR count). The summed E-state index contributed by atoms with van der Waals surface area (Å²) < 4.78 is 40.9. The molecule has 0 saturated carbocycles. The van der Waals surface area contributed by atoms with Gasteiger partial charge in [-0.25, -0.2) is 12.8 Å². The Morgan fingerprint density at radius 2 is 1.80 bits per heavy atom. The fourth-order valence-electron chi connectivity index (χ4n) is 1.56. The Hall–Kier alpha value is -1.91. The molecule has 0 aliphatic carbocycles. The van der Waals surface area contributed by atoms with Gasteiger partial charge in [-0.1, -0.05) is 22.0 Å². The summed E-state index contributed by atoms with van der Waals surface area (Å²) in [5, 5.41) is 8.88. The van der Waals surface area contributed by atoms with E-state index in [0.29, 0.717) is 5.69 Å². The topological polar surface area (TPSA) is 70.0 Å². The minimum Gasteiger partial charge on any atom is -0.280 e. The van der Waals surface area contributed by atoms with E-state index in [1.165, 1.54) is 12.1 Å². The highest BCUT2D eigenvalue weighted by Gasteiger charge is 2.21. The molecule has 0 saturated heterocycles. The van der Waals surface area contributed by atoms with E-state index in [1.807, 2.05) is 0 Å². The molecule has 0 unspecified atom stereocenters. The average molecular weight is 355 g/mol. The lowest BCUT2D eigenvalue weighted by Gasteiger charge is -2.09. The lowest BCUT2D eigenvalue weighted by atomic mass is 10.2. The number of nitrogens with one attached hydrogen (secondary N) is 1. The number of hydrogen-bond acceptors (Lipinski definition) is 3. The van der Waals surface area contributed by atoms with Gasteiger partial charge in [-0.3, -0.25) is 4.72 Å². The van der Waals surface area contributed by atoms with Gasteiger partial charge in [0, 0.05) is 10.2 Å². The lowest BCUT2D eigenvalue weighted by molar-refractivity contribution is 0.593. The molecule has 20 heavy (non-hydrogen) atoms. The number of nitrogens with zero attached hydrogens (tertiary/aromatic N) is 1. The number of rotatable bonds is 3. The SMILES string of the molecule is N#Cc1c(F)cccc1S(=O)(=O)Nc1ccc(Br)cc1. The largest absolute Gasteiger partial charge is 0.280 e. The van der Waals surface area contributed by atoms with E-state index >= 15 is 0 Å². The van der Waals surface area contributed by atoms with Gasteiger partial charge >= 0.3 is 0 Å². The number of hydrogen-bond donors (Lipinski definition) is 1. The van der Waals surface area contributed by atoms with Crippen LogP contribution < -0.4 is 4.72 Å². The Bertz CT molecular complexity index is 783. The van der Waals surface area contributed by atoms with Crippen molar-refractivity contribution in [3.8, 4) is 6.07 Å². The molecule has 2 aromatic carbocycles. The normalized spacial score (nSPS) is 10.8. The third kappa shape index (κ3) is 2.98. The summed E-state index contributed by atoms with van der Waals surface area (Å²) >= 11 is 3.23. The third-order valence-corrected chi connectivity index (χ3v) is 4.43. The summed E-state index contributed by atoms with van der Waals surface area (Å²) in [5.74, 6) is -0.869. The molecule has 7 heteroatoms.